The molecule has 3 aromatic rings. The molecular weight excluding hydrogens is 486 g/mol. The largest absolute Gasteiger partial charge is 0.493 e. The molecule has 0 radical (unpaired) electrons. The molecule has 1 fully saturated rings. The van der Waals surface area contributed by atoms with E-state index in [0.717, 1.165) is 59.4 Å². The number of rotatable bonds is 6. The van der Waals surface area contributed by atoms with Gasteiger partial charge in [-0.2, -0.15) is 0 Å². The second-order valence-electron chi connectivity index (χ2n) is 10.3. The Morgan fingerprint density at radius 1 is 1.00 bits per heavy atom. The van der Waals surface area contributed by atoms with Crippen molar-refractivity contribution >= 4 is 28.8 Å². The van der Waals surface area contributed by atoms with E-state index in [4.69, 9.17) is 19.2 Å². The van der Waals surface area contributed by atoms with Crippen LogP contribution in [0.15, 0.2) is 30.3 Å². The highest BCUT2D eigenvalue weighted by Gasteiger charge is 2.33. The summed E-state index contributed by atoms with van der Waals surface area (Å²) in [6.45, 7) is 2.03. The van der Waals surface area contributed by atoms with E-state index >= 15 is 0 Å². The molecule has 1 aromatic heterocycles. The lowest BCUT2D eigenvalue weighted by atomic mass is 9.85. The Labute approximate surface area is 222 Å². The van der Waals surface area contributed by atoms with Crippen LogP contribution in [0.4, 0.5) is 10.5 Å². The monoisotopic (exact) mass is 521 g/mol. The van der Waals surface area contributed by atoms with E-state index in [0.29, 0.717) is 30.8 Å². The van der Waals surface area contributed by atoms with Gasteiger partial charge < -0.3 is 23.9 Å². The lowest BCUT2D eigenvalue weighted by Gasteiger charge is -2.34. The molecule has 1 aliphatic heterocycles. The highest BCUT2D eigenvalue weighted by atomic mass is 16.5. The van der Waals surface area contributed by atoms with E-state index in [-0.39, 0.29) is 24.1 Å². The molecule has 9 nitrogen and oxygen atoms in total. The van der Waals surface area contributed by atoms with Crippen LogP contribution in [0.3, 0.4) is 0 Å². The Bertz CT molecular complexity index is 1360. The van der Waals surface area contributed by atoms with Crippen LogP contribution in [0.25, 0.3) is 11.0 Å². The number of imidazole rings is 1. The predicted octanol–water partition coefficient (Wildman–Crippen LogP) is 5.37. The van der Waals surface area contributed by atoms with Gasteiger partial charge in [0.05, 0.1) is 44.0 Å². The molecule has 1 aliphatic carbocycles. The summed E-state index contributed by atoms with van der Waals surface area (Å²) in [6, 6.07) is 10.1. The molecule has 0 bridgehead atoms. The topological polar surface area (TPSA) is 103 Å². The lowest BCUT2D eigenvalue weighted by molar-refractivity contribution is -0.143. The minimum Gasteiger partial charge on any atom is -0.493 e. The molecule has 2 aromatic carbocycles. The Morgan fingerprint density at radius 2 is 1.74 bits per heavy atom. The van der Waals surface area contributed by atoms with Crippen LogP contribution in [0.2, 0.25) is 0 Å². The average Bonchev–Trinajstić information content (AvgIpc) is 3.30. The first kappa shape index (κ1) is 25.9. The van der Waals surface area contributed by atoms with Crippen LogP contribution < -0.4 is 14.4 Å². The van der Waals surface area contributed by atoms with Gasteiger partial charge in [0.1, 0.15) is 5.82 Å². The zero-order valence-electron chi connectivity index (χ0n) is 22.4. The van der Waals surface area contributed by atoms with Crippen molar-refractivity contribution in [3.05, 3.63) is 47.3 Å². The van der Waals surface area contributed by atoms with Crippen LogP contribution in [-0.4, -0.2) is 54.1 Å². The maximum Gasteiger partial charge on any atom is 0.414 e. The molecule has 1 atom stereocenters. The van der Waals surface area contributed by atoms with Crippen molar-refractivity contribution in [1.82, 2.24) is 9.55 Å². The SMILES string of the molecule is COC(=O)N1c2ccc3c(nc(Cc4ccc(OC)c(OC)c4)n3C3CCC(C(=O)O)CC3)c2CC[C@@H]1C. The lowest BCUT2D eigenvalue weighted by Crippen LogP contribution is -2.42. The summed E-state index contributed by atoms with van der Waals surface area (Å²) < 4.78 is 18.3. The Morgan fingerprint density at radius 3 is 2.39 bits per heavy atom. The van der Waals surface area contributed by atoms with Gasteiger partial charge in [-0.1, -0.05) is 6.07 Å². The van der Waals surface area contributed by atoms with E-state index in [9.17, 15) is 14.7 Å². The summed E-state index contributed by atoms with van der Waals surface area (Å²) in [6.07, 6.45) is 4.72. The molecule has 38 heavy (non-hydrogen) atoms. The molecule has 0 unspecified atom stereocenters. The summed E-state index contributed by atoms with van der Waals surface area (Å²) in [7, 11) is 4.65. The molecule has 2 aliphatic rings. The Kier molecular flexibility index (Phi) is 7.19. The second kappa shape index (κ2) is 10.6. The van der Waals surface area contributed by atoms with E-state index in [1.807, 2.05) is 31.2 Å². The smallest absolute Gasteiger partial charge is 0.414 e. The van der Waals surface area contributed by atoms with Gasteiger partial charge in [-0.25, -0.2) is 9.78 Å². The van der Waals surface area contributed by atoms with Gasteiger partial charge >= 0.3 is 12.1 Å². The third-order valence-corrected chi connectivity index (χ3v) is 8.12. The zero-order valence-corrected chi connectivity index (χ0v) is 22.4. The van der Waals surface area contributed by atoms with Crippen LogP contribution in [0.1, 0.15) is 62.0 Å². The predicted molar refractivity (Wildman–Crippen MR) is 143 cm³/mol. The number of carboxylic acids is 1. The van der Waals surface area contributed by atoms with Gasteiger partial charge in [-0.05, 0) is 75.3 Å². The van der Waals surface area contributed by atoms with E-state index < -0.39 is 5.97 Å². The van der Waals surface area contributed by atoms with Crippen LogP contribution in [0.5, 0.6) is 11.5 Å². The van der Waals surface area contributed by atoms with Crippen molar-refractivity contribution in [2.24, 2.45) is 5.92 Å². The highest BCUT2D eigenvalue weighted by molar-refractivity contribution is 5.95. The number of hydrogen-bond donors (Lipinski definition) is 1. The molecule has 1 saturated carbocycles. The highest BCUT2D eigenvalue weighted by Crippen LogP contribution is 2.41. The van der Waals surface area contributed by atoms with Crippen LogP contribution >= 0.6 is 0 Å². The van der Waals surface area contributed by atoms with E-state index in [1.54, 1.807) is 19.1 Å². The summed E-state index contributed by atoms with van der Waals surface area (Å²) in [5, 5.41) is 9.53. The van der Waals surface area contributed by atoms with Gasteiger partial charge in [-0.3, -0.25) is 9.69 Å². The van der Waals surface area contributed by atoms with Crippen molar-refractivity contribution in [3.63, 3.8) is 0 Å². The number of anilines is 1. The van der Waals surface area contributed by atoms with Gasteiger partial charge in [-0.15, -0.1) is 0 Å². The first-order valence-corrected chi connectivity index (χ1v) is 13.2. The van der Waals surface area contributed by atoms with Gasteiger partial charge in [0, 0.05) is 24.1 Å². The number of benzene rings is 2. The molecule has 5 rings (SSSR count). The number of methoxy groups -OCH3 is 3. The number of ether oxygens (including phenoxy) is 3. The fourth-order valence-electron chi connectivity index (χ4n) is 6.11. The number of aryl methyl sites for hydroxylation is 1. The van der Waals surface area contributed by atoms with Gasteiger partial charge in [0.25, 0.3) is 0 Å². The summed E-state index contributed by atoms with van der Waals surface area (Å²) in [5.74, 6) is 1.24. The molecule has 202 valence electrons. The third-order valence-electron chi connectivity index (χ3n) is 8.12. The molecule has 1 amide bonds. The van der Waals surface area contributed by atoms with Crippen molar-refractivity contribution in [2.75, 3.05) is 26.2 Å². The molecule has 0 spiro atoms. The Balaban J connectivity index is 1.61. The number of carboxylic acid groups (broad SMARTS) is 1. The zero-order chi connectivity index (χ0) is 27.0. The molecule has 1 N–H and O–H groups in total. The number of aliphatic carboxylic acids is 1. The standard InChI is InChI=1S/C29H35N3O6/c1-17-5-11-21-22(31(17)29(35)38-4)12-13-23-27(21)30-26(16-18-6-14-24(36-2)25(15-18)37-3)32(23)20-9-7-19(8-10-20)28(33)34/h6,12-15,17,19-20H,5,7-11,16H2,1-4H3,(H,33,34)/t17-,19?,20?/m0/s1. The molecule has 9 heteroatoms. The van der Waals surface area contributed by atoms with Crippen molar-refractivity contribution in [1.29, 1.82) is 0 Å². The van der Waals surface area contributed by atoms with Crippen molar-refractivity contribution in [2.45, 2.75) is 64.0 Å². The van der Waals surface area contributed by atoms with Gasteiger partial charge in [0.15, 0.2) is 11.5 Å². The number of hydrogen-bond acceptors (Lipinski definition) is 6. The quantitative estimate of drug-likeness (QED) is 0.465. The fourth-order valence-corrected chi connectivity index (χ4v) is 6.11. The maximum absolute atomic E-state index is 12.6. The average molecular weight is 522 g/mol. The van der Waals surface area contributed by atoms with Crippen LogP contribution in [0, 0.1) is 5.92 Å². The number of amides is 1. The van der Waals surface area contributed by atoms with Crippen LogP contribution in [-0.2, 0) is 22.4 Å². The maximum atomic E-state index is 12.6. The summed E-state index contributed by atoms with van der Waals surface area (Å²) in [5.41, 5.74) is 4.87. The molecule has 0 saturated heterocycles. The third kappa shape index (κ3) is 4.54. The molecule has 2 heterocycles. The van der Waals surface area contributed by atoms with Crippen molar-refractivity contribution < 1.29 is 28.9 Å². The first-order chi connectivity index (χ1) is 18.4. The minimum atomic E-state index is -0.712. The number of nitrogens with zero attached hydrogens (tertiary/aromatic N) is 3. The number of aromatic nitrogens is 2. The number of fused-ring (bicyclic) bond motifs is 3. The summed E-state index contributed by atoms with van der Waals surface area (Å²) >= 11 is 0. The number of carbonyl (C=O) groups is 2. The van der Waals surface area contributed by atoms with Crippen molar-refractivity contribution in [3.8, 4) is 11.5 Å². The van der Waals surface area contributed by atoms with E-state index in [1.165, 1.54) is 7.11 Å². The minimum absolute atomic E-state index is 0.0343. The normalized spacial score (nSPS) is 21.2. The fraction of sp³-hybridized carbons (Fsp3) is 0.483. The molecular formula is C29H35N3O6. The second-order valence-corrected chi connectivity index (χ2v) is 10.3. The van der Waals surface area contributed by atoms with Gasteiger partial charge in [0.2, 0.25) is 0 Å². The summed E-state index contributed by atoms with van der Waals surface area (Å²) in [4.78, 5) is 31.2. The Hall–Kier alpha value is -3.75. The number of carbonyl (C=O) groups excluding carboxylic acids is 1. The van der Waals surface area contributed by atoms with E-state index in [2.05, 4.69) is 10.6 Å². The first-order valence-electron chi connectivity index (χ1n) is 13.2.